The van der Waals surface area contributed by atoms with E-state index in [-0.39, 0.29) is 6.10 Å². The number of allylic oxidation sites excluding steroid dienone is 3. The molecular weight excluding hydrogens is 148 g/mol. The van der Waals surface area contributed by atoms with Crippen LogP contribution in [0.1, 0.15) is 26.7 Å². The maximum atomic E-state index is 9.06. The highest BCUT2D eigenvalue weighted by Gasteiger charge is 2.14. The Morgan fingerprint density at radius 3 is 2.67 bits per heavy atom. The van der Waals surface area contributed by atoms with Crippen molar-refractivity contribution in [2.75, 3.05) is 0 Å². The number of aliphatic hydroxyl groups excluding tert-OH is 1. The second kappa shape index (κ2) is 4.46. The molecule has 0 aromatic carbocycles. The first-order valence-electron chi connectivity index (χ1n) is 4.71. The van der Waals surface area contributed by atoms with Gasteiger partial charge in [-0.05, 0) is 31.6 Å². The third-order valence-corrected chi connectivity index (χ3v) is 2.45. The second-order valence-corrected chi connectivity index (χ2v) is 3.71. The first-order valence-corrected chi connectivity index (χ1v) is 4.71. The van der Waals surface area contributed by atoms with Gasteiger partial charge in [-0.25, -0.2) is 0 Å². The quantitative estimate of drug-likeness (QED) is 0.625. The Balaban J connectivity index is 2.46. The lowest BCUT2D eigenvalue weighted by Gasteiger charge is -2.21. The minimum absolute atomic E-state index is 0.303. The first-order chi connectivity index (χ1) is 5.70. The van der Waals surface area contributed by atoms with Crippen molar-refractivity contribution in [1.29, 1.82) is 0 Å². The fraction of sp³-hybridized carbons (Fsp3) is 0.636. The highest BCUT2D eigenvalue weighted by atomic mass is 16.3. The molecule has 0 aromatic rings. The molecule has 1 aliphatic carbocycles. The minimum Gasteiger partial charge on any atom is -0.389 e. The first kappa shape index (κ1) is 9.53. The van der Waals surface area contributed by atoms with Crippen molar-refractivity contribution in [3.8, 4) is 0 Å². The Labute approximate surface area is 74.8 Å². The molecule has 0 aliphatic heterocycles. The fourth-order valence-corrected chi connectivity index (χ4v) is 1.54. The van der Waals surface area contributed by atoms with Crippen LogP contribution in [0.15, 0.2) is 24.3 Å². The molecule has 0 saturated heterocycles. The van der Waals surface area contributed by atoms with Crippen LogP contribution in [0.5, 0.6) is 0 Å². The summed E-state index contributed by atoms with van der Waals surface area (Å²) in [6.45, 7) is 4.06. The molecular formula is C11H18O. The number of rotatable bonds is 2. The van der Waals surface area contributed by atoms with E-state index in [0.717, 1.165) is 12.3 Å². The highest BCUT2D eigenvalue weighted by molar-refractivity contribution is 5.02. The Bertz CT molecular complexity index is 179. The number of hydrogen-bond donors (Lipinski definition) is 1. The summed E-state index contributed by atoms with van der Waals surface area (Å²) in [5, 5.41) is 9.06. The molecule has 3 unspecified atom stereocenters. The molecule has 68 valence electrons. The highest BCUT2D eigenvalue weighted by Crippen LogP contribution is 2.25. The molecule has 0 amide bonds. The molecule has 0 aromatic heterocycles. The zero-order valence-electron chi connectivity index (χ0n) is 7.90. The van der Waals surface area contributed by atoms with Gasteiger partial charge in [0.25, 0.3) is 0 Å². The molecule has 0 heterocycles. The Hall–Kier alpha value is -0.560. The summed E-state index contributed by atoms with van der Waals surface area (Å²) in [5.74, 6) is 1.36. The van der Waals surface area contributed by atoms with Crippen molar-refractivity contribution in [3.05, 3.63) is 24.3 Å². The molecule has 1 nitrogen and oxygen atoms in total. The van der Waals surface area contributed by atoms with Crippen LogP contribution in [-0.2, 0) is 0 Å². The third kappa shape index (κ3) is 2.82. The van der Waals surface area contributed by atoms with E-state index in [1.807, 2.05) is 6.08 Å². The normalized spacial score (nSPS) is 32.6. The van der Waals surface area contributed by atoms with Crippen LogP contribution >= 0.6 is 0 Å². The van der Waals surface area contributed by atoms with E-state index in [1.165, 1.54) is 6.42 Å². The summed E-state index contributed by atoms with van der Waals surface area (Å²) in [4.78, 5) is 0. The molecule has 0 spiro atoms. The van der Waals surface area contributed by atoms with Crippen molar-refractivity contribution in [1.82, 2.24) is 0 Å². The lowest BCUT2D eigenvalue weighted by atomic mass is 9.84. The average Bonchev–Trinajstić information content (AvgIpc) is 2.03. The van der Waals surface area contributed by atoms with Gasteiger partial charge in [-0.1, -0.05) is 31.2 Å². The predicted molar refractivity (Wildman–Crippen MR) is 51.8 cm³/mol. The topological polar surface area (TPSA) is 20.2 Å². The zero-order valence-corrected chi connectivity index (χ0v) is 7.90. The molecule has 0 fully saturated rings. The van der Waals surface area contributed by atoms with Crippen LogP contribution in [-0.4, -0.2) is 11.2 Å². The van der Waals surface area contributed by atoms with Crippen LogP contribution < -0.4 is 0 Å². The van der Waals surface area contributed by atoms with Gasteiger partial charge in [0.1, 0.15) is 0 Å². The lowest BCUT2D eigenvalue weighted by Crippen LogP contribution is -2.11. The van der Waals surface area contributed by atoms with E-state index < -0.39 is 0 Å². The van der Waals surface area contributed by atoms with Gasteiger partial charge in [-0.2, -0.15) is 0 Å². The minimum atomic E-state index is -0.303. The summed E-state index contributed by atoms with van der Waals surface area (Å²) in [6, 6.07) is 0. The van der Waals surface area contributed by atoms with Gasteiger partial charge in [0.15, 0.2) is 0 Å². The summed E-state index contributed by atoms with van der Waals surface area (Å²) in [7, 11) is 0. The van der Waals surface area contributed by atoms with Crippen LogP contribution in [0, 0.1) is 11.8 Å². The Morgan fingerprint density at radius 2 is 2.08 bits per heavy atom. The largest absolute Gasteiger partial charge is 0.389 e. The monoisotopic (exact) mass is 166 g/mol. The van der Waals surface area contributed by atoms with Gasteiger partial charge in [-0.3, -0.25) is 0 Å². The number of aliphatic hydroxyl groups is 1. The van der Waals surface area contributed by atoms with Crippen LogP contribution in [0.2, 0.25) is 0 Å². The van der Waals surface area contributed by atoms with E-state index >= 15 is 0 Å². The molecule has 0 radical (unpaired) electrons. The fourth-order valence-electron chi connectivity index (χ4n) is 1.54. The van der Waals surface area contributed by atoms with Crippen molar-refractivity contribution in [2.45, 2.75) is 32.8 Å². The average molecular weight is 166 g/mol. The van der Waals surface area contributed by atoms with Gasteiger partial charge in [0.05, 0.1) is 6.10 Å². The van der Waals surface area contributed by atoms with Crippen molar-refractivity contribution in [3.63, 3.8) is 0 Å². The zero-order chi connectivity index (χ0) is 8.97. The Kier molecular flexibility index (Phi) is 3.54. The van der Waals surface area contributed by atoms with Crippen molar-refractivity contribution >= 4 is 0 Å². The molecule has 1 rings (SSSR count). The third-order valence-electron chi connectivity index (χ3n) is 2.45. The lowest BCUT2D eigenvalue weighted by molar-refractivity contribution is 0.242. The van der Waals surface area contributed by atoms with Crippen LogP contribution in [0.3, 0.4) is 0 Å². The van der Waals surface area contributed by atoms with Crippen molar-refractivity contribution < 1.29 is 5.11 Å². The van der Waals surface area contributed by atoms with Crippen molar-refractivity contribution in [2.24, 2.45) is 11.8 Å². The maximum Gasteiger partial charge on any atom is 0.0692 e. The smallest absolute Gasteiger partial charge is 0.0692 e. The van der Waals surface area contributed by atoms with E-state index in [4.69, 9.17) is 5.11 Å². The standard InChI is InChI=1S/C11H18O/c1-9-5-3-4-6-11(9)8-7-10(2)12/h3-4,7-12H,5-6H2,1-2H3. The van der Waals surface area contributed by atoms with Gasteiger partial charge >= 0.3 is 0 Å². The molecule has 1 heteroatoms. The predicted octanol–water partition coefficient (Wildman–Crippen LogP) is 2.53. The van der Waals surface area contributed by atoms with Crippen LogP contribution in [0.25, 0.3) is 0 Å². The molecule has 0 saturated carbocycles. The number of hydrogen-bond acceptors (Lipinski definition) is 1. The molecule has 0 bridgehead atoms. The molecule has 1 N–H and O–H groups in total. The summed E-state index contributed by atoms with van der Waals surface area (Å²) < 4.78 is 0. The maximum absolute atomic E-state index is 9.06. The van der Waals surface area contributed by atoms with Gasteiger partial charge in [-0.15, -0.1) is 0 Å². The van der Waals surface area contributed by atoms with Gasteiger partial charge < -0.3 is 5.11 Å². The van der Waals surface area contributed by atoms with Gasteiger partial charge in [0, 0.05) is 0 Å². The summed E-state index contributed by atoms with van der Waals surface area (Å²) >= 11 is 0. The molecule has 1 aliphatic rings. The summed E-state index contributed by atoms with van der Waals surface area (Å²) in [5.41, 5.74) is 0. The van der Waals surface area contributed by atoms with E-state index in [0.29, 0.717) is 5.92 Å². The molecule has 3 atom stereocenters. The Morgan fingerprint density at radius 1 is 1.42 bits per heavy atom. The van der Waals surface area contributed by atoms with E-state index in [1.54, 1.807) is 6.92 Å². The van der Waals surface area contributed by atoms with Crippen LogP contribution in [0.4, 0.5) is 0 Å². The SMILES string of the molecule is CC(O)C=CC1CC=CCC1C. The van der Waals surface area contributed by atoms with E-state index in [9.17, 15) is 0 Å². The van der Waals surface area contributed by atoms with Gasteiger partial charge in [0.2, 0.25) is 0 Å². The second-order valence-electron chi connectivity index (χ2n) is 3.71. The molecule has 12 heavy (non-hydrogen) atoms. The summed E-state index contributed by atoms with van der Waals surface area (Å²) in [6.07, 6.45) is 10.5. The van der Waals surface area contributed by atoms with E-state index in [2.05, 4.69) is 25.2 Å².